The molecule has 1 saturated heterocycles. The summed E-state index contributed by atoms with van der Waals surface area (Å²) in [6, 6.07) is 32.3. The molecule has 0 aliphatic carbocycles. The van der Waals surface area contributed by atoms with Crippen molar-refractivity contribution in [3.63, 3.8) is 0 Å². The first-order valence-corrected chi connectivity index (χ1v) is 14.0. The Bertz CT molecular complexity index is 1680. The van der Waals surface area contributed by atoms with Gasteiger partial charge in [0.25, 0.3) is 0 Å². The van der Waals surface area contributed by atoms with Gasteiger partial charge in [0.2, 0.25) is 0 Å². The van der Waals surface area contributed by atoms with Crippen LogP contribution >= 0.6 is 12.2 Å². The number of rotatable bonds is 7. The van der Waals surface area contributed by atoms with Gasteiger partial charge in [-0.15, -0.1) is 0 Å². The Kier molecular flexibility index (Phi) is 7.20. The van der Waals surface area contributed by atoms with Crippen LogP contribution in [-0.4, -0.2) is 21.8 Å². The summed E-state index contributed by atoms with van der Waals surface area (Å²) in [6.07, 6.45) is 1.83. The number of benzene rings is 3. The molecule has 1 aliphatic rings. The first kappa shape index (κ1) is 26.6. The van der Waals surface area contributed by atoms with E-state index in [-0.39, 0.29) is 12.1 Å². The lowest BCUT2D eigenvalue weighted by Crippen LogP contribution is -2.29. The standard InChI is InChI=1S/C34H32N4O2S/c1-22-11-15-27(16-12-22)40-28-17-13-25(14-18-28)38-33(32(36-34(38)41)31-10-5-6-19-35-31)30-20-23(2)37(24(30)3)26-8-7-9-29(21-26)39-4/h5-21,32-33H,1-4H3,(H,36,41)/t32-,33+/m1/s1. The molecule has 0 bridgehead atoms. The lowest BCUT2D eigenvalue weighted by atomic mass is 9.96. The molecule has 3 heterocycles. The maximum absolute atomic E-state index is 6.10. The van der Waals surface area contributed by atoms with Gasteiger partial charge in [-0.25, -0.2) is 0 Å². The highest BCUT2D eigenvalue weighted by molar-refractivity contribution is 7.80. The number of methoxy groups -OCH3 is 1. The van der Waals surface area contributed by atoms with E-state index in [9.17, 15) is 0 Å². The predicted octanol–water partition coefficient (Wildman–Crippen LogP) is 7.78. The van der Waals surface area contributed by atoms with Gasteiger partial charge in [-0.05, 0) is 105 Å². The lowest BCUT2D eigenvalue weighted by Gasteiger charge is -2.28. The Labute approximate surface area is 246 Å². The number of aryl methyl sites for hydroxylation is 2. The molecule has 3 aromatic carbocycles. The second kappa shape index (κ2) is 11.1. The van der Waals surface area contributed by atoms with Crippen molar-refractivity contribution in [3.8, 4) is 22.9 Å². The van der Waals surface area contributed by atoms with Gasteiger partial charge >= 0.3 is 0 Å². The molecule has 1 aliphatic heterocycles. The van der Waals surface area contributed by atoms with Crippen molar-refractivity contribution >= 4 is 23.0 Å². The third-order valence-corrected chi connectivity index (χ3v) is 7.88. The van der Waals surface area contributed by atoms with E-state index in [0.717, 1.165) is 45.7 Å². The maximum atomic E-state index is 6.10. The van der Waals surface area contributed by atoms with E-state index in [2.05, 4.69) is 72.0 Å². The summed E-state index contributed by atoms with van der Waals surface area (Å²) in [4.78, 5) is 6.91. The molecule has 2 aromatic heterocycles. The van der Waals surface area contributed by atoms with Crippen LogP contribution < -0.4 is 19.7 Å². The van der Waals surface area contributed by atoms with E-state index in [0.29, 0.717) is 5.11 Å². The number of aromatic nitrogens is 2. The Balaban J connectivity index is 1.40. The minimum atomic E-state index is -0.133. The molecule has 1 N–H and O–H groups in total. The molecule has 7 heteroatoms. The second-order valence-electron chi connectivity index (χ2n) is 10.3. The summed E-state index contributed by atoms with van der Waals surface area (Å²) < 4.78 is 13.9. The minimum absolute atomic E-state index is 0.119. The largest absolute Gasteiger partial charge is 0.497 e. The van der Waals surface area contributed by atoms with Crippen LogP contribution in [0.25, 0.3) is 5.69 Å². The third-order valence-electron chi connectivity index (χ3n) is 7.57. The van der Waals surface area contributed by atoms with E-state index < -0.39 is 0 Å². The topological polar surface area (TPSA) is 51.5 Å². The molecule has 0 unspecified atom stereocenters. The number of pyridine rings is 1. The van der Waals surface area contributed by atoms with E-state index in [1.54, 1.807) is 7.11 Å². The molecular formula is C34H32N4O2S. The molecule has 2 atom stereocenters. The Morgan fingerprint density at radius 3 is 2.20 bits per heavy atom. The van der Waals surface area contributed by atoms with Crippen LogP contribution in [0.2, 0.25) is 0 Å². The Hall–Kier alpha value is -4.62. The van der Waals surface area contributed by atoms with Crippen molar-refractivity contribution < 1.29 is 9.47 Å². The average molecular weight is 561 g/mol. The smallest absolute Gasteiger partial charge is 0.174 e. The predicted molar refractivity (Wildman–Crippen MR) is 167 cm³/mol. The average Bonchev–Trinajstić information content (AvgIpc) is 3.49. The number of ether oxygens (including phenoxy) is 2. The molecule has 41 heavy (non-hydrogen) atoms. The molecule has 5 aromatic rings. The Morgan fingerprint density at radius 2 is 1.51 bits per heavy atom. The van der Waals surface area contributed by atoms with Crippen LogP contribution in [0.5, 0.6) is 17.2 Å². The highest BCUT2D eigenvalue weighted by Crippen LogP contribution is 2.44. The van der Waals surface area contributed by atoms with Crippen LogP contribution in [0.15, 0.2) is 103 Å². The summed E-state index contributed by atoms with van der Waals surface area (Å²) in [7, 11) is 1.69. The summed E-state index contributed by atoms with van der Waals surface area (Å²) in [6.45, 7) is 6.36. The van der Waals surface area contributed by atoms with E-state index in [4.69, 9.17) is 26.7 Å². The monoisotopic (exact) mass is 560 g/mol. The number of anilines is 1. The van der Waals surface area contributed by atoms with Gasteiger partial charge in [0.15, 0.2) is 5.11 Å². The maximum Gasteiger partial charge on any atom is 0.174 e. The van der Waals surface area contributed by atoms with Crippen molar-refractivity contribution in [2.75, 3.05) is 12.0 Å². The molecule has 0 radical (unpaired) electrons. The van der Waals surface area contributed by atoms with Crippen LogP contribution in [0.3, 0.4) is 0 Å². The van der Waals surface area contributed by atoms with Crippen molar-refractivity contribution in [1.29, 1.82) is 0 Å². The first-order valence-electron chi connectivity index (χ1n) is 13.6. The van der Waals surface area contributed by atoms with Gasteiger partial charge in [0, 0.05) is 35.0 Å². The zero-order valence-electron chi connectivity index (χ0n) is 23.5. The molecule has 0 amide bonds. The summed E-state index contributed by atoms with van der Waals surface area (Å²) in [5.41, 5.74) is 7.61. The van der Waals surface area contributed by atoms with Crippen molar-refractivity contribution in [1.82, 2.24) is 14.9 Å². The molecule has 206 valence electrons. The highest BCUT2D eigenvalue weighted by atomic mass is 32.1. The highest BCUT2D eigenvalue weighted by Gasteiger charge is 2.42. The first-order chi connectivity index (χ1) is 19.9. The van der Waals surface area contributed by atoms with E-state index in [1.165, 1.54) is 11.1 Å². The van der Waals surface area contributed by atoms with Crippen LogP contribution in [-0.2, 0) is 0 Å². The molecule has 6 nitrogen and oxygen atoms in total. The quantitative estimate of drug-likeness (QED) is 0.205. The van der Waals surface area contributed by atoms with Gasteiger partial charge in [-0.1, -0.05) is 29.8 Å². The number of hydrogen-bond donors (Lipinski definition) is 1. The molecule has 1 fully saturated rings. The van der Waals surface area contributed by atoms with Gasteiger partial charge in [-0.3, -0.25) is 4.98 Å². The van der Waals surface area contributed by atoms with Crippen molar-refractivity contribution in [2.45, 2.75) is 32.9 Å². The zero-order chi connectivity index (χ0) is 28.5. The minimum Gasteiger partial charge on any atom is -0.497 e. The SMILES string of the molecule is COc1cccc(-n2c(C)cc([C@H]3[C@@H](c4ccccn4)NC(=S)N3c3ccc(Oc4ccc(C)cc4)cc3)c2C)c1. The third kappa shape index (κ3) is 5.16. The Morgan fingerprint density at radius 1 is 0.780 bits per heavy atom. The second-order valence-corrected chi connectivity index (χ2v) is 10.7. The van der Waals surface area contributed by atoms with Crippen LogP contribution in [0.1, 0.15) is 40.3 Å². The summed E-state index contributed by atoms with van der Waals surface area (Å²) >= 11 is 5.97. The van der Waals surface area contributed by atoms with Crippen molar-refractivity contribution in [3.05, 3.63) is 131 Å². The molecule has 0 saturated carbocycles. The summed E-state index contributed by atoms with van der Waals surface area (Å²) in [5, 5.41) is 4.23. The number of thiocarbonyl (C=S) groups is 1. The number of nitrogens with zero attached hydrogens (tertiary/aromatic N) is 3. The summed E-state index contributed by atoms with van der Waals surface area (Å²) in [5.74, 6) is 2.39. The van der Waals surface area contributed by atoms with Gasteiger partial charge in [-0.2, -0.15) is 0 Å². The van der Waals surface area contributed by atoms with Gasteiger partial charge < -0.3 is 24.3 Å². The normalized spacial score (nSPS) is 16.5. The van der Waals surface area contributed by atoms with Crippen molar-refractivity contribution in [2.24, 2.45) is 0 Å². The fraction of sp³-hybridized carbons (Fsp3) is 0.176. The van der Waals surface area contributed by atoms with Crippen LogP contribution in [0, 0.1) is 20.8 Å². The van der Waals surface area contributed by atoms with Crippen LogP contribution in [0.4, 0.5) is 5.69 Å². The van der Waals surface area contributed by atoms with Gasteiger partial charge in [0.05, 0.1) is 24.9 Å². The fourth-order valence-electron chi connectivity index (χ4n) is 5.60. The van der Waals surface area contributed by atoms with E-state index in [1.807, 2.05) is 66.9 Å². The zero-order valence-corrected chi connectivity index (χ0v) is 24.4. The molecule has 6 rings (SSSR count). The van der Waals surface area contributed by atoms with Gasteiger partial charge in [0.1, 0.15) is 17.2 Å². The molecule has 0 spiro atoms. The molecular weight excluding hydrogens is 528 g/mol. The van der Waals surface area contributed by atoms with E-state index >= 15 is 0 Å². The number of hydrogen-bond acceptors (Lipinski definition) is 4. The number of nitrogens with one attached hydrogen (secondary N) is 1. The fourth-order valence-corrected chi connectivity index (χ4v) is 5.95. The lowest BCUT2D eigenvalue weighted by molar-refractivity contribution is 0.414.